The molecule has 0 aliphatic carbocycles. The van der Waals surface area contributed by atoms with E-state index in [0.717, 1.165) is 11.1 Å². The Kier molecular flexibility index (Phi) is 3.37. The number of benzene rings is 1. The molecule has 3 N–H and O–H groups in total. The number of nitrogens with one attached hydrogen (secondary N) is 3. The Morgan fingerprint density at radius 2 is 1.81 bits per heavy atom. The van der Waals surface area contributed by atoms with Crippen LogP contribution >= 0.6 is 0 Å². The summed E-state index contributed by atoms with van der Waals surface area (Å²) < 4.78 is 0. The van der Waals surface area contributed by atoms with E-state index in [2.05, 4.69) is 20.3 Å². The van der Waals surface area contributed by atoms with Crippen LogP contribution < -0.4 is 16.4 Å². The largest absolute Gasteiger partial charge is 0.316 e. The molecule has 0 bridgehead atoms. The molecule has 0 radical (unpaired) electrons. The molecule has 106 valence electrons. The van der Waals surface area contributed by atoms with Gasteiger partial charge >= 0.3 is 11.1 Å². The average molecular weight is 282 g/mol. The number of rotatable bonds is 3. The maximum Gasteiger partial charge on any atom is 0.314 e. The van der Waals surface area contributed by atoms with E-state index in [4.69, 9.17) is 0 Å². The first-order valence-electron chi connectivity index (χ1n) is 6.52. The molecule has 0 saturated heterocycles. The predicted molar refractivity (Wildman–Crippen MR) is 80.3 cm³/mol. The van der Waals surface area contributed by atoms with E-state index in [0.29, 0.717) is 11.0 Å². The second kappa shape index (κ2) is 5.34. The van der Waals surface area contributed by atoms with Gasteiger partial charge in [-0.15, -0.1) is 0 Å². The molecular weight excluding hydrogens is 268 g/mol. The van der Waals surface area contributed by atoms with Crippen molar-refractivity contribution >= 4 is 11.0 Å². The molecule has 6 heteroatoms. The van der Waals surface area contributed by atoms with Gasteiger partial charge in [-0.1, -0.05) is 12.1 Å². The number of aromatic nitrogens is 3. The monoisotopic (exact) mass is 282 g/mol. The van der Waals surface area contributed by atoms with Crippen LogP contribution in [0.2, 0.25) is 0 Å². The van der Waals surface area contributed by atoms with Crippen LogP contribution in [-0.4, -0.2) is 22.0 Å². The van der Waals surface area contributed by atoms with Gasteiger partial charge in [-0.2, -0.15) is 0 Å². The van der Waals surface area contributed by atoms with Crippen LogP contribution in [0.4, 0.5) is 0 Å². The first-order valence-corrected chi connectivity index (χ1v) is 6.52. The van der Waals surface area contributed by atoms with Crippen molar-refractivity contribution in [3.8, 4) is 0 Å². The summed E-state index contributed by atoms with van der Waals surface area (Å²) in [7, 11) is 1.86. The summed E-state index contributed by atoms with van der Waals surface area (Å²) in [4.78, 5) is 32.0. The van der Waals surface area contributed by atoms with Gasteiger partial charge in [0, 0.05) is 12.4 Å². The zero-order chi connectivity index (χ0) is 14.8. The normalized spacial score (nSPS) is 12.4. The van der Waals surface area contributed by atoms with Crippen molar-refractivity contribution in [1.82, 2.24) is 20.3 Å². The second-order valence-corrected chi connectivity index (χ2v) is 4.72. The molecule has 1 atom stereocenters. The minimum absolute atomic E-state index is 0.0430. The molecule has 0 aliphatic rings. The lowest BCUT2D eigenvalue weighted by atomic mass is 10.00. The van der Waals surface area contributed by atoms with Crippen molar-refractivity contribution in [2.45, 2.75) is 6.04 Å². The summed E-state index contributed by atoms with van der Waals surface area (Å²) >= 11 is 0. The fourth-order valence-corrected chi connectivity index (χ4v) is 2.38. The number of hydrogen-bond acceptors (Lipinski definition) is 4. The van der Waals surface area contributed by atoms with Gasteiger partial charge in [0.05, 0.1) is 17.1 Å². The van der Waals surface area contributed by atoms with Gasteiger partial charge in [0.1, 0.15) is 0 Å². The summed E-state index contributed by atoms with van der Waals surface area (Å²) in [6.07, 6.45) is 3.51. The number of aromatic amines is 2. The Morgan fingerprint density at radius 1 is 1.05 bits per heavy atom. The molecule has 2 heterocycles. The Balaban J connectivity index is 2.13. The summed E-state index contributed by atoms with van der Waals surface area (Å²) in [5, 5.41) is 3.22. The predicted octanol–water partition coefficient (Wildman–Crippen LogP) is 0.920. The van der Waals surface area contributed by atoms with Crippen molar-refractivity contribution < 1.29 is 0 Å². The standard InChI is InChI=1S/C15H14N4O2/c1-16-13(10-3-2-6-17-8-10)9-4-5-11-12(7-9)19-15(21)14(20)18-11/h2-8,13,16H,1H3,(H,18,20)(H,19,21). The molecule has 1 aromatic carbocycles. The van der Waals surface area contributed by atoms with Gasteiger partial charge < -0.3 is 15.3 Å². The fraction of sp³-hybridized carbons (Fsp3) is 0.133. The van der Waals surface area contributed by atoms with Crippen LogP contribution in [0, 0.1) is 0 Å². The van der Waals surface area contributed by atoms with Crippen molar-refractivity contribution in [2.24, 2.45) is 0 Å². The van der Waals surface area contributed by atoms with Gasteiger partial charge in [-0.3, -0.25) is 14.6 Å². The minimum atomic E-state index is -0.651. The highest BCUT2D eigenvalue weighted by molar-refractivity contribution is 5.74. The first-order chi connectivity index (χ1) is 10.2. The van der Waals surface area contributed by atoms with E-state index in [-0.39, 0.29) is 6.04 Å². The van der Waals surface area contributed by atoms with Crippen LogP contribution in [0.1, 0.15) is 17.2 Å². The maximum atomic E-state index is 11.4. The number of H-pyrrole nitrogens is 2. The highest BCUT2D eigenvalue weighted by atomic mass is 16.2. The average Bonchev–Trinajstić information content (AvgIpc) is 2.50. The topological polar surface area (TPSA) is 90.6 Å². The molecule has 21 heavy (non-hydrogen) atoms. The number of fused-ring (bicyclic) bond motifs is 1. The summed E-state index contributed by atoms with van der Waals surface area (Å²) in [6.45, 7) is 0. The van der Waals surface area contributed by atoms with Crippen molar-refractivity contribution in [3.05, 3.63) is 74.6 Å². The fourth-order valence-electron chi connectivity index (χ4n) is 2.38. The molecule has 3 aromatic rings. The summed E-state index contributed by atoms with van der Waals surface area (Å²) in [5.41, 5.74) is 1.90. The molecule has 0 saturated carbocycles. The van der Waals surface area contributed by atoms with E-state index in [1.54, 1.807) is 18.5 Å². The van der Waals surface area contributed by atoms with Crippen LogP contribution in [0.25, 0.3) is 11.0 Å². The van der Waals surface area contributed by atoms with Crippen molar-refractivity contribution in [2.75, 3.05) is 7.05 Å². The van der Waals surface area contributed by atoms with Crippen molar-refractivity contribution in [1.29, 1.82) is 0 Å². The smallest absolute Gasteiger partial charge is 0.314 e. The van der Waals surface area contributed by atoms with E-state index >= 15 is 0 Å². The molecule has 6 nitrogen and oxygen atoms in total. The molecule has 0 amide bonds. The Labute approximate surface area is 119 Å². The van der Waals surface area contributed by atoms with Crippen LogP contribution in [0.15, 0.2) is 52.3 Å². The summed E-state index contributed by atoms with van der Waals surface area (Å²) in [6, 6.07) is 9.35. The Morgan fingerprint density at radius 3 is 2.48 bits per heavy atom. The zero-order valence-electron chi connectivity index (χ0n) is 11.4. The lowest BCUT2D eigenvalue weighted by Crippen LogP contribution is -2.29. The highest BCUT2D eigenvalue weighted by Gasteiger charge is 2.13. The third-order valence-corrected chi connectivity index (χ3v) is 3.39. The lowest BCUT2D eigenvalue weighted by molar-refractivity contribution is 0.689. The molecule has 0 aliphatic heterocycles. The van der Waals surface area contributed by atoms with E-state index in [1.807, 2.05) is 31.3 Å². The van der Waals surface area contributed by atoms with Crippen LogP contribution in [0.3, 0.4) is 0 Å². The van der Waals surface area contributed by atoms with E-state index in [1.165, 1.54) is 0 Å². The van der Waals surface area contributed by atoms with Crippen LogP contribution in [-0.2, 0) is 0 Å². The lowest BCUT2D eigenvalue weighted by Gasteiger charge is -2.17. The van der Waals surface area contributed by atoms with Crippen molar-refractivity contribution in [3.63, 3.8) is 0 Å². The SMILES string of the molecule is CNC(c1cccnc1)c1ccc2[nH]c(=O)c(=O)[nH]c2c1. The van der Waals surface area contributed by atoms with E-state index < -0.39 is 11.1 Å². The summed E-state index contributed by atoms with van der Waals surface area (Å²) in [5.74, 6) is 0. The van der Waals surface area contributed by atoms with Gasteiger partial charge in [-0.25, -0.2) is 0 Å². The molecule has 3 rings (SSSR count). The number of nitrogens with zero attached hydrogens (tertiary/aromatic N) is 1. The van der Waals surface area contributed by atoms with E-state index in [9.17, 15) is 9.59 Å². The number of pyridine rings is 1. The second-order valence-electron chi connectivity index (χ2n) is 4.72. The minimum Gasteiger partial charge on any atom is -0.316 e. The van der Waals surface area contributed by atoms with Gasteiger partial charge in [0.2, 0.25) is 0 Å². The Hall–Kier alpha value is -2.73. The zero-order valence-corrected chi connectivity index (χ0v) is 11.4. The number of hydrogen-bond donors (Lipinski definition) is 3. The maximum absolute atomic E-state index is 11.4. The molecule has 0 spiro atoms. The third kappa shape index (κ3) is 2.48. The van der Waals surface area contributed by atoms with Crippen LogP contribution in [0.5, 0.6) is 0 Å². The molecule has 2 aromatic heterocycles. The van der Waals surface area contributed by atoms with Gasteiger partial charge in [0.15, 0.2) is 0 Å². The highest BCUT2D eigenvalue weighted by Crippen LogP contribution is 2.22. The van der Waals surface area contributed by atoms with Gasteiger partial charge in [0.25, 0.3) is 0 Å². The molecule has 0 fully saturated rings. The first kappa shape index (κ1) is 13.3. The third-order valence-electron chi connectivity index (χ3n) is 3.39. The quantitative estimate of drug-likeness (QED) is 0.623. The molecule has 1 unspecified atom stereocenters. The Bertz CT molecular complexity index is 883. The molecular formula is C15H14N4O2. The van der Waals surface area contributed by atoms with Gasteiger partial charge in [-0.05, 0) is 36.4 Å².